The highest BCUT2D eigenvalue weighted by Crippen LogP contribution is 2.15. The molecule has 0 aliphatic rings. The SMILES string of the molecule is C/C(O)=C(/CN)C(=O)Nc1ccc(C)c(C)c1. The van der Waals surface area contributed by atoms with Gasteiger partial charge in [0.25, 0.3) is 5.91 Å². The third-order valence-electron chi connectivity index (χ3n) is 2.68. The Labute approximate surface area is 101 Å². The molecule has 0 saturated carbocycles. The van der Waals surface area contributed by atoms with Crippen molar-refractivity contribution in [2.45, 2.75) is 20.8 Å². The van der Waals surface area contributed by atoms with Gasteiger partial charge < -0.3 is 16.2 Å². The summed E-state index contributed by atoms with van der Waals surface area (Å²) in [4.78, 5) is 11.8. The Morgan fingerprint density at radius 2 is 2.00 bits per heavy atom. The number of aliphatic hydroxyl groups is 1. The molecule has 92 valence electrons. The van der Waals surface area contributed by atoms with Crippen LogP contribution in [0.1, 0.15) is 18.1 Å². The monoisotopic (exact) mass is 234 g/mol. The van der Waals surface area contributed by atoms with Gasteiger partial charge >= 0.3 is 0 Å². The highest BCUT2D eigenvalue weighted by Gasteiger charge is 2.11. The largest absolute Gasteiger partial charge is 0.512 e. The summed E-state index contributed by atoms with van der Waals surface area (Å²) in [5.74, 6) is -0.412. The maximum absolute atomic E-state index is 11.8. The molecule has 0 radical (unpaired) electrons. The number of carbonyl (C=O) groups excluding carboxylic acids is 1. The van der Waals surface area contributed by atoms with E-state index in [-0.39, 0.29) is 23.8 Å². The second-order valence-corrected chi connectivity index (χ2v) is 4.02. The molecule has 0 aromatic heterocycles. The Kier molecular flexibility index (Phi) is 4.29. The van der Waals surface area contributed by atoms with Crippen LogP contribution in [0.5, 0.6) is 0 Å². The molecule has 0 atom stereocenters. The number of nitrogens with one attached hydrogen (secondary N) is 1. The van der Waals surface area contributed by atoms with Gasteiger partial charge in [-0.05, 0) is 44.0 Å². The number of anilines is 1. The van der Waals surface area contributed by atoms with E-state index in [1.807, 2.05) is 32.0 Å². The van der Waals surface area contributed by atoms with Gasteiger partial charge in [-0.25, -0.2) is 0 Å². The van der Waals surface area contributed by atoms with Gasteiger partial charge in [-0.3, -0.25) is 4.79 Å². The second-order valence-electron chi connectivity index (χ2n) is 4.02. The van der Waals surface area contributed by atoms with Gasteiger partial charge in [0.05, 0.1) is 11.3 Å². The Balaban J connectivity index is 2.88. The molecular formula is C13H18N2O2. The van der Waals surface area contributed by atoms with Gasteiger partial charge in [-0.1, -0.05) is 6.07 Å². The lowest BCUT2D eigenvalue weighted by molar-refractivity contribution is -0.113. The lowest BCUT2D eigenvalue weighted by Crippen LogP contribution is -2.21. The number of amides is 1. The van der Waals surface area contributed by atoms with Crippen LogP contribution in [-0.4, -0.2) is 17.6 Å². The fraction of sp³-hybridized carbons (Fsp3) is 0.308. The van der Waals surface area contributed by atoms with Crippen molar-refractivity contribution < 1.29 is 9.90 Å². The Morgan fingerprint density at radius 1 is 1.35 bits per heavy atom. The van der Waals surface area contributed by atoms with Crippen LogP contribution >= 0.6 is 0 Å². The van der Waals surface area contributed by atoms with Crippen LogP contribution in [0.15, 0.2) is 29.5 Å². The predicted molar refractivity (Wildman–Crippen MR) is 68.9 cm³/mol. The molecule has 1 amide bonds. The zero-order valence-electron chi connectivity index (χ0n) is 10.4. The van der Waals surface area contributed by atoms with Gasteiger partial charge in [0.2, 0.25) is 0 Å². The fourth-order valence-corrected chi connectivity index (χ4v) is 1.43. The molecule has 4 heteroatoms. The number of aliphatic hydroxyl groups excluding tert-OH is 1. The van der Waals surface area contributed by atoms with E-state index >= 15 is 0 Å². The third-order valence-corrected chi connectivity index (χ3v) is 2.68. The summed E-state index contributed by atoms with van der Waals surface area (Å²) in [7, 11) is 0. The number of nitrogens with two attached hydrogens (primary N) is 1. The highest BCUT2D eigenvalue weighted by atomic mass is 16.3. The van der Waals surface area contributed by atoms with Crippen molar-refractivity contribution in [3.8, 4) is 0 Å². The van der Waals surface area contributed by atoms with Crippen LogP contribution in [0.3, 0.4) is 0 Å². The lowest BCUT2D eigenvalue weighted by atomic mass is 10.1. The first-order valence-corrected chi connectivity index (χ1v) is 5.43. The summed E-state index contributed by atoms with van der Waals surface area (Å²) in [6.07, 6.45) is 0. The van der Waals surface area contributed by atoms with Crippen molar-refractivity contribution in [3.05, 3.63) is 40.7 Å². The van der Waals surface area contributed by atoms with E-state index < -0.39 is 0 Å². The van der Waals surface area contributed by atoms with Crippen LogP contribution in [0.4, 0.5) is 5.69 Å². The topological polar surface area (TPSA) is 75.3 Å². The van der Waals surface area contributed by atoms with Crippen molar-refractivity contribution in [3.63, 3.8) is 0 Å². The molecule has 1 rings (SSSR count). The van der Waals surface area contributed by atoms with Crippen LogP contribution in [0, 0.1) is 13.8 Å². The first-order chi connectivity index (χ1) is 7.95. The molecule has 0 saturated heterocycles. The van der Waals surface area contributed by atoms with Crippen molar-refractivity contribution >= 4 is 11.6 Å². The summed E-state index contributed by atoms with van der Waals surface area (Å²) < 4.78 is 0. The van der Waals surface area contributed by atoms with E-state index in [4.69, 9.17) is 5.73 Å². The summed E-state index contributed by atoms with van der Waals surface area (Å²) >= 11 is 0. The normalized spacial score (nSPS) is 12.0. The zero-order chi connectivity index (χ0) is 13.0. The first-order valence-electron chi connectivity index (χ1n) is 5.43. The third kappa shape index (κ3) is 3.32. The minimum absolute atomic E-state index is 0.0129. The van der Waals surface area contributed by atoms with Crippen LogP contribution in [0.2, 0.25) is 0 Å². The van der Waals surface area contributed by atoms with E-state index in [2.05, 4.69) is 5.32 Å². The molecule has 17 heavy (non-hydrogen) atoms. The van der Waals surface area contributed by atoms with Gasteiger partial charge in [-0.15, -0.1) is 0 Å². The Bertz CT molecular complexity index is 460. The van der Waals surface area contributed by atoms with Crippen LogP contribution in [-0.2, 0) is 4.79 Å². The number of aryl methyl sites for hydroxylation is 2. The molecule has 0 aliphatic heterocycles. The van der Waals surface area contributed by atoms with E-state index in [0.717, 1.165) is 11.1 Å². The maximum Gasteiger partial charge on any atom is 0.256 e. The number of hydrogen-bond donors (Lipinski definition) is 3. The van der Waals surface area contributed by atoms with Crippen molar-refractivity contribution in [1.82, 2.24) is 0 Å². The number of carbonyl (C=O) groups is 1. The minimum atomic E-state index is -0.365. The predicted octanol–water partition coefficient (Wildman–Crippen LogP) is 2.03. The number of hydrogen-bond acceptors (Lipinski definition) is 3. The average molecular weight is 234 g/mol. The first kappa shape index (κ1) is 13.3. The fourth-order valence-electron chi connectivity index (χ4n) is 1.43. The summed E-state index contributed by atoms with van der Waals surface area (Å²) in [6.45, 7) is 5.44. The Hall–Kier alpha value is -1.81. The van der Waals surface area contributed by atoms with E-state index in [0.29, 0.717) is 5.69 Å². The molecule has 0 heterocycles. The standard InChI is InChI=1S/C13H18N2O2/c1-8-4-5-11(6-9(8)2)15-13(17)12(7-14)10(3)16/h4-6,16H,7,14H2,1-3H3,(H,15,17)/b12-10+. The summed E-state index contributed by atoms with van der Waals surface area (Å²) in [6, 6.07) is 5.64. The molecule has 0 unspecified atom stereocenters. The van der Waals surface area contributed by atoms with Crippen LogP contribution in [0.25, 0.3) is 0 Å². The number of benzene rings is 1. The molecule has 0 aliphatic carbocycles. The summed E-state index contributed by atoms with van der Waals surface area (Å²) in [5, 5.41) is 12.0. The average Bonchev–Trinajstić information content (AvgIpc) is 2.24. The van der Waals surface area contributed by atoms with Gasteiger partial charge in [0, 0.05) is 12.2 Å². The van der Waals surface area contributed by atoms with Gasteiger partial charge in [0.15, 0.2) is 0 Å². The summed E-state index contributed by atoms with van der Waals surface area (Å²) in [5.41, 5.74) is 8.56. The quantitative estimate of drug-likeness (QED) is 0.553. The van der Waals surface area contributed by atoms with E-state index in [1.54, 1.807) is 0 Å². The van der Waals surface area contributed by atoms with Crippen molar-refractivity contribution in [2.24, 2.45) is 5.73 Å². The molecule has 0 fully saturated rings. The molecule has 1 aromatic rings. The van der Waals surface area contributed by atoms with Crippen LogP contribution < -0.4 is 11.1 Å². The molecule has 1 aromatic carbocycles. The maximum atomic E-state index is 11.8. The molecule has 0 bridgehead atoms. The molecular weight excluding hydrogens is 216 g/mol. The van der Waals surface area contributed by atoms with Crippen molar-refractivity contribution in [2.75, 3.05) is 11.9 Å². The Morgan fingerprint density at radius 3 is 2.47 bits per heavy atom. The smallest absolute Gasteiger partial charge is 0.256 e. The second kappa shape index (κ2) is 5.50. The molecule has 0 spiro atoms. The number of rotatable bonds is 3. The lowest BCUT2D eigenvalue weighted by Gasteiger charge is -2.09. The van der Waals surface area contributed by atoms with E-state index in [9.17, 15) is 9.90 Å². The van der Waals surface area contributed by atoms with Crippen molar-refractivity contribution in [1.29, 1.82) is 0 Å². The van der Waals surface area contributed by atoms with E-state index in [1.165, 1.54) is 6.92 Å². The number of allylic oxidation sites excluding steroid dienone is 1. The molecule has 4 nitrogen and oxygen atoms in total. The van der Waals surface area contributed by atoms with Gasteiger partial charge in [0.1, 0.15) is 0 Å². The zero-order valence-corrected chi connectivity index (χ0v) is 10.4. The molecule has 4 N–H and O–H groups in total. The highest BCUT2D eigenvalue weighted by molar-refractivity contribution is 6.04. The van der Waals surface area contributed by atoms with Gasteiger partial charge in [-0.2, -0.15) is 0 Å². The minimum Gasteiger partial charge on any atom is -0.512 e.